The third-order valence-corrected chi connectivity index (χ3v) is 3.59. The Morgan fingerprint density at radius 3 is 2.84 bits per heavy atom. The number of ether oxygens (including phenoxy) is 2. The minimum Gasteiger partial charge on any atom is -0.382 e. The van der Waals surface area contributed by atoms with Crippen LogP contribution in [0.25, 0.3) is 0 Å². The number of hydrogen-bond acceptors (Lipinski definition) is 4. The molecule has 112 valence electrons. The van der Waals surface area contributed by atoms with Crippen LogP contribution in [-0.4, -0.2) is 52.0 Å². The highest BCUT2D eigenvalue weighted by molar-refractivity contribution is 5.82. The first-order valence-electron chi connectivity index (χ1n) is 7.16. The number of carbonyl (C=O) groups is 1. The van der Waals surface area contributed by atoms with Crippen molar-refractivity contribution in [1.82, 2.24) is 10.6 Å². The molecule has 1 amide bonds. The van der Waals surface area contributed by atoms with E-state index >= 15 is 0 Å². The van der Waals surface area contributed by atoms with Crippen molar-refractivity contribution < 1.29 is 14.3 Å². The maximum absolute atomic E-state index is 12.1. The molecular weight excluding hydrogens is 244 g/mol. The van der Waals surface area contributed by atoms with Gasteiger partial charge in [0.25, 0.3) is 0 Å². The van der Waals surface area contributed by atoms with Gasteiger partial charge in [-0.3, -0.25) is 4.79 Å². The summed E-state index contributed by atoms with van der Waals surface area (Å²) in [6.07, 6.45) is 3.07. The van der Waals surface area contributed by atoms with Crippen LogP contribution in [0, 0.1) is 5.41 Å². The first-order valence-corrected chi connectivity index (χ1v) is 7.16. The van der Waals surface area contributed by atoms with Gasteiger partial charge in [-0.2, -0.15) is 0 Å². The predicted octanol–water partition coefficient (Wildman–Crippen LogP) is 0.934. The smallest absolute Gasteiger partial charge is 0.237 e. The molecule has 0 aliphatic carbocycles. The fraction of sp³-hybridized carbons (Fsp3) is 0.929. The van der Waals surface area contributed by atoms with Crippen LogP contribution in [0.2, 0.25) is 0 Å². The number of piperidine rings is 1. The summed E-state index contributed by atoms with van der Waals surface area (Å²) in [4.78, 5) is 12.1. The van der Waals surface area contributed by atoms with Crippen molar-refractivity contribution in [3.63, 3.8) is 0 Å². The predicted molar refractivity (Wildman–Crippen MR) is 75.1 cm³/mol. The number of rotatable bonds is 8. The highest BCUT2D eigenvalue weighted by Crippen LogP contribution is 2.29. The number of methoxy groups -OCH3 is 1. The second-order valence-corrected chi connectivity index (χ2v) is 5.73. The molecule has 0 radical (unpaired) electrons. The molecular formula is C14H28N2O3. The summed E-state index contributed by atoms with van der Waals surface area (Å²) in [6, 6.07) is -0.0735. The van der Waals surface area contributed by atoms with Crippen LogP contribution >= 0.6 is 0 Å². The van der Waals surface area contributed by atoms with Gasteiger partial charge in [0.05, 0.1) is 19.3 Å². The third-order valence-electron chi connectivity index (χ3n) is 3.59. The van der Waals surface area contributed by atoms with Crippen LogP contribution in [0.15, 0.2) is 0 Å². The molecule has 1 rings (SSSR count). The van der Waals surface area contributed by atoms with Crippen molar-refractivity contribution in [2.45, 2.75) is 39.2 Å². The second-order valence-electron chi connectivity index (χ2n) is 5.73. The zero-order chi connectivity index (χ0) is 14.1. The van der Waals surface area contributed by atoms with Gasteiger partial charge < -0.3 is 20.1 Å². The zero-order valence-electron chi connectivity index (χ0n) is 12.5. The Morgan fingerprint density at radius 1 is 1.37 bits per heavy atom. The minimum atomic E-state index is -0.0735. The molecule has 0 saturated carbocycles. The molecule has 0 aromatic heterocycles. The summed E-state index contributed by atoms with van der Waals surface area (Å²) in [5.74, 6) is 0.113. The molecule has 1 unspecified atom stereocenters. The maximum Gasteiger partial charge on any atom is 0.237 e. The van der Waals surface area contributed by atoms with E-state index in [4.69, 9.17) is 9.47 Å². The molecule has 0 spiro atoms. The molecule has 1 saturated heterocycles. The average molecular weight is 272 g/mol. The van der Waals surface area contributed by atoms with Gasteiger partial charge in [-0.1, -0.05) is 13.8 Å². The van der Waals surface area contributed by atoms with Crippen molar-refractivity contribution >= 4 is 5.91 Å². The van der Waals surface area contributed by atoms with Crippen molar-refractivity contribution in [3.8, 4) is 0 Å². The third kappa shape index (κ3) is 5.89. The molecule has 2 N–H and O–H groups in total. The van der Waals surface area contributed by atoms with Crippen molar-refractivity contribution in [2.75, 3.05) is 40.0 Å². The molecule has 5 nitrogen and oxygen atoms in total. The number of carbonyl (C=O) groups excluding carboxylic acids is 1. The lowest BCUT2D eigenvalue weighted by Crippen LogP contribution is -2.55. The summed E-state index contributed by atoms with van der Waals surface area (Å²) in [5, 5.41) is 6.30. The maximum atomic E-state index is 12.1. The van der Waals surface area contributed by atoms with Gasteiger partial charge in [-0.15, -0.1) is 0 Å². The second kappa shape index (κ2) is 8.51. The van der Waals surface area contributed by atoms with Gasteiger partial charge in [0.15, 0.2) is 0 Å². The van der Waals surface area contributed by atoms with Gasteiger partial charge >= 0.3 is 0 Å². The number of amides is 1. The first kappa shape index (κ1) is 16.4. The molecule has 1 aliphatic heterocycles. The SMILES string of the molecule is COCCOCCCNC(=O)C1NCCCC1(C)C. The van der Waals surface area contributed by atoms with Crippen LogP contribution in [0.5, 0.6) is 0 Å². The quantitative estimate of drug-likeness (QED) is 0.646. The Hall–Kier alpha value is -0.650. The largest absolute Gasteiger partial charge is 0.382 e. The van der Waals surface area contributed by atoms with E-state index in [1.807, 2.05) is 0 Å². The summed E-state index contributed by atoms with van der Waals surface area (Å²) in [5.41, 5.74) is 0.0390. The van der Waals surface area contributed by atoms with Crippen molar-refractivity contribution in [2.24, 2.45) is 5.41 Å². The van der Waals surface area contributed by atoms with Crippen LogP contribution in [0.3, 0.4) is 0 Å². The normalized spacial score (nSPS) is 22.2. The molecule has 1 fully saturated rings. The van der Waals surface area contributed by atoms with Gasteiger partial charge in [0, 0.05) is 20.3 Å². The van der Waals surface area contributed by atoms with E-state index in [0.717, 1.165) is 25.8 Å². The van der Waals surface area contributed by atoms with E-state index < -0.39 is 0 Å². The molecule has 19 heavy (non-hydrogen) atoms. The molecule has 1 aliphatic rings. The van der Waals surface area contributed by atoms with E-state index in [2.05, 4.69) is 24.5 Å². The molecule has 1 atom stereocenters. The monoisotopic (exact) mass is 272 g/mol. The molecule has 0 aromatic rings. The first-order chi connectivity index (χ1) is 9.08. The Kier molecular flexibility index (Phi) is 7.34. The lowest BCUT2D eigenvalue weighted by Gasteiger charge is -2.38. The molecule has 1 heterocycles. The van der Waals surface area contributed by atoms with Crippen molar-refractivity contribution in [1.29, 1.82) is 0 Å². The summed E-state index contributed by atoms with van der Waals surface area (Å²) in [6.45, 7) is 7.79. The molecule has 5 heteroatoms. The summed E-state index contributed by atoms with van der Waals surface area (Å²) < 4.78 is 10.2. The van der Waals surface area contributed by atoms with E-state index in [0.29, 0.717) is 26.4 Å². The molecule has 0 aromatic carbocycles. The van der Waals surface area contributed by atoms with Crippen molar-refractivity contribution in [3.05, 3.63) is 0 Å². The van der Waals surface area contributed by atoms with E-state index in [1.54, 1.807) is 7.11 Å². The highest BCUT2D eigenvalue weighted by atomic mass is 16.5. The lowest BCUT2D eigenvalue weighted by atomic mass is 9.77. The molecule has 0 bridgehead atoms. The van der Waals surface area contributed by atoms with E-state index in [-0.39, 0.29) is 17.4 Å². The van der Waals surface area contributed by atoms with Crippen LogP contribution in [0.4, 0.5) is 0 Å². The van der Waals surface area contributed by atoms with Gasteiger partial charge in [-0.25, -0.2) is 0 Å². The Morgan fingerprint density at radius 2 is 2.16 bits per heavy atom. The zero-order valence-corrected chi connectivity index (χ0v) is 12.5. The number of hydrogen-bond donors (Lipinski definition) is 2. The van der Waals surface area contributed by atoms with E-state index in [1.165, 1.54) is 0 Å². The Bertz CT molecular complexity index is 269. The van der Waals surface area contributed by atoms with Crippen LogP contribution < -0.4 is 10.6 Å². The fourth-order valence-electron chi connectivity index (χ4n) is 2.39. The standard InChI is InChI=1S/C14H28N2O3/c1-14(2)6-4-7-15-12(14)13(17)16-8-5-9-19-11-10-18-3/h12,15H,4-11H2,1-3H3,(H,16,17). The minimum absolute atomic E-state index is 0.0390. The number of nitrogens with one attached hydrogen (secondary N) is 2. The fourth-order valence-corrected chi connectivity index (χ4v) is 2.39. The average Bonchev–Trinajstić information content (AvgIpc) is 2.37. The summed E-state index contributed by atoms with van der Waals surface area (Å²) in [7, 11) is 1.66. The van der Waals surface area contributed by atoms with Gasteiger partial charge in [0.1, 0.15) is 0 Å². The van der Waals surface area contributed by atoms with Crippen LogP contribution in [0.1, 0.15) is 33.1 Å². The van der Waals surface area contributed by atoms with Gasteiger partial charge in [-0.05, 0) is 31.2 Å². The van der Waals surface area contributed by atoms with Crippen LogP contribution in [-0.2, 0) is 14.3 Å². The lowest BCUT2D eigenvalue weighted by molar-refractivity contribution is -0.126. The summed E-state index contributed by atoms with van der Waals surface area (Å²) >= 11 is 0. The topological polar surface area (TPSA) is 59.6 Å². The Balaban J connectivity index is 2.13. The highest BCUT2D eigenvalue weighted by Gasteiger charge is 2.36. The van der Waals surface area contributed by atoms with Gasteiger partial charge in [0.2, 0.25) is 5.91 Å². The van der Waals surface area contributed by atoms with E-state index in [9.17, 15) is 4.79 Å². The Labute approximate surface area is 116 Å².